The molecule has 23 heavy (non-hydrogen) atoms. The van der Waals surface area contributed by atoms with Gasteiger partial charge in [-0.1, -0.05) is 11.6 Å². The van der Waals surface area contributed by atoms with Crippen LogP contribution in [0, 0.1) is 0 Å². The summed E-state index contributed by atoms with van der Waals surface area (Å²) in [7, 11) is -3.56. The zero-order valence-corrected chi connectivity index (χ0v) is 15.7. The van der Waals surface area contributed by atoms with Crippen LogP contribution >= 0.6 is 22.9 Å². The quantitative estimate of drug-likeness (QED) is 0.874. The van der Waals surface area contributed by atoms with Crippen molar-refractivity contribution in [2.45, 2.75) is 49.5 Å². The topological polar surface area (TPSA) is 75.7 Å². The predicted octanol–water partition coefficient (Wildman–Crippen LogP) is 3.08. The van der Waals surface area contributed by atoms with Crippen molar-refractivity contribution in [3.8, 4) is 0 Å². The lowest BCUT2D eigenvalue weighted by Crippen LogP contribution is -2.47. The van der Waals surface area contributed by atoms with Crippen LogP contribution in [-0.4, -0.2) is 44.1 Å². The number of sulfonamides is 1. The monoisotopic (exact) mass is 380 g/mol. The summed E-state index contributed by atoms with van der Waals surface area (Å²) >= 11 is 6.81. The molecule has 1 aromatic heterocycles. The second-order valence-corrected chi connectivity index (χ2v) is 10.1. The molecule has 1 aliphatic rings. The van der Waals surface area contributed by atoms with Crippen molar-refractivity contribution in [3.63, 3.8) is 0 Å². The summed E-state index contributed by atoms with van der Waals surface area (Å²) in [6.07, 6.45) is 0.749. The van der Waals surface area contributed by atoms with Gasteiger partial charge in [-0.2, -0.15) is 0 Å². The van der Waals surface area contributed by atoms with Gasteiger partial charge in [0.05, 0.1) is 4.34 Å². The lowest BCUT2D eigenvalue weighted by atomic mass is 10.1. The highest BCUT2D eigenvalue weighted by Crippen LogP contribution is 2.26. The minimum Gasteiger partial charge on any atom is -0.444 e. The van der Waals surface area contributed by atoms with Crippen molar-refractivity contribution < 1.29 is 17.9 Å². The van der Waals surface area contributed by atoms with E-state index in [1.807, 2.05) is 20.8 Å². The molecule has 2 heterocycles. The number of carbonyl (C=O) groups excluding carboxylic acids is 1. The van der Waals surface area contributed by atoms with E-state index >= 15 is 0 Å². The van der Waals surface area contributed by atoms with Crippen LogP contribution in [0.4, 0.5) is 4.79 Å². The minimum absolute atomic E-state index is 0.195. The highest BCUT2D eigenvalue weighted by molar-refractivity contribution is 7.91. The van der Waals surface area contributed by atoms with E-state index in [9.17, 15) is 13.2 Å². The van der Waals surface area contributed by atoms with Gasteiger partial charge in [0.1, 0.15) is 9.81 Å². The van der Waals surface area contributed by atoms with Gasteiger partial charge in [0, 0.05) is 19.1 Å². The Morgan fingerprint density at radius 1 is 1.35 bits per heavy atom. The molecule has 130 valence electrons. The molecule has 1 saturated heterocycles. The Bertz CT molecular complexity index is 659. The second kappa shape index (κ2) is 6.96. The van der Waals surface area contributed by atoms with Gasteiger partial charge in [0.25, 0.3) is 0 Å². The Balaban J connectivity index is 1.89. The maximum Gasteiger partial charge on any atom is 0.410 e. The molecule has 0 aliphatic carbocycles. The number of hydrogen-bond acceptors (Lipinski definition) is 5. The zero-order chi connectivity index (χ0) is 17.3. The molecule has 0 saturated carbocycles. The van der Waals surface area contributed by atoms with E-state index in [-0.39, 0.29) is 16.3 Å². The van der Waals surface area contributed by atoms with Crippen LogP contribution in [-0.2, 0) is 14.8 Å². The number of nitrogens with one attached hydrogen (secondary N) is 1. The Labute approximate surface area is 145 Å². The third-order valence-electron chi connectivity index (χ3n) is 3.28. The van der Waals surface area contributed by atoms with E-state index in [4.69, 9.17) is 16.3 Å². The Morgan fingerprint density at radius 2 is 1.96 bits per heavy atom. The van der Waals surface area contributed by atoms with Crippen LogP contribution in [0.5, 0.6) is 0 Å². The van der Waals surface area contributed by atoms with Crippen molar-refractivity contribution in [2.75, 3.05) is 13.1 Å². The number of hydrogen-bond donors (Lipinski definition) is 1. The van der Waals surface area contributed by atoms with Crippen LogP contribution in [0.15, 0.2) is 16.3 Å². The van der Waals surface area contributed by atoms with E-state index in [1.165, 1.54) is 6.07 Å². The Morgan fingerprint density at radius 3 is 2.43 bits per heavy atom. The first kappa shape index (κ1) is 18.5. The summed E-state index contributed by atoms with van der Waals surface area (Å²) in [5.74, 6) is 0. The standard InChI is InChI=1S/C14H21ClN2O4S2/c1-14(2,3)21-13(18)17-8-6-10(7-9-17)16-23(19,20)12-5-4-11(15)22-12/h4-5,10,16H,6-9H2,1-3H3. The van der Waals surface area contributed by atoms with Crippen molar-refractivity contribution in [1.29, 1.82) is 0 Å². The summed E-state index contributed by atoms with van der Waals surface area (Å²) in [5.41, 5.74) is -0.534. The maximum atomic E-state index is 12.3. The molecule has 0 atom stereocenters. The van der Waals surface area contributed by atoms with E-state index in [0.29, 0.717) is 30.3 Å². The molecule has 1 aromatic rings. The van der Waals surface area contributed by atoms with Gasteiger partial charge < -0.3 is 9.64 Å². The molecular formula is C14H21ClN2O4S2. The molecular weight excluding hydrogens is 360 g/mol. The van der Waals surface area contributed by atoms with Gasteiger partial charge in [-0.25, -0.2) is 17.9 Å². The molecule has 0 spiro atoms. The highest BCUT2D eigenvalue weighted by Gasteiger charge is 2.29. The fourth-order valence-electron chi connectivity index (χ4n) is 2.23. The second-order valence-electron chi connectivity index (χ2n) is 6.42. The van der Waals surface area contributed by atoms with Crippen LogP contribution in [0.2, 0.25) is 4.34 Å². The van der Waals surface area contributed by atoms with Crippen molar-refractivity contribution in [3.05, 3.63) is 16.5 Å². The van der Waals surface area contributed by atoms with Gasteiger partial charge in [-0.3, -0.25) is 0 Å². The summed E-state index contributed by atoms with van der Waals surface area (Å²) < 4.78 is 33.1. The molecule has 1 fully saturated rings. The van der Waals surface area contributed by atoms with E-state index in [0.717, 1.165) is 11.3 Å². The van der Waals surface area contributed by atoms with Gasteiger partial charge in [0.15, 0.2) is 0 Å². The third-order valence-corrected chi connectivity index (χ3v) is 6.53. The lowest BCUT2D eigenvalue weighted by molar-refractivity contribution is 0.0204. The molecule has 0 unspecified atom stereocenters. The van der Waals surface area contributed by atoms with Crippen molar-refractivity contribution in [1.82, 2.24) is 9.62 Å². The molecule has 2 rings (SSSR count). The normalized spacial score (nSPS) is 17.3. The van der Waals surface area contributed by atoms with Gasteiger partial charge in [-0.05, 0) is 45.7 Å². The first-order valence-corrected chi connectivity index (χ1v) is 10.0. The average Bonchev–Trinajstić information content (AvgIpc) is 2.84. The van der Waals surface area contributed by atoms with Gasteiger partial charge in [-0.15, -0.1) is 11.3 Å². The minimum atomic E-state index is -3.56. The molecule has 0 bridgehead atoms. The predicted molar refractivity (Wildman–Crippen MR) is 90.5 cm³/mol. The SMILES string of the molecule is CC(C)(C)OC(=O)N1CCC(NS(=O)(=O)c2ccc(Cl)s2)CC1. The number of halogens is 1. The van der Waals surface area contributed by atoms with Gasteiger partial charge >= 0.3 is 6.09 Å². The summed E-state index contributed by atoms with van der Waals surface area (Å²) in [4.78, 5) is 13.6. The molecule has 1 N–H and O–H groups in total. The van der Waals surface area contributed by atoms with Crippen molar-refractivity contribution in [2.24, 2.45) is 0 Å². The summed E-state index contributed by atoms with van der Waals surface area (Å²) in [6, 6.07) is 2.86. The Kier molecular flexibility index (Phi) is 5.60. The largest absolute Gasteiger partial charge is 0.444 e. The van der Waals surface area contributed by atoms with E-state index < -0.39 is 15.6 Å². The molecule has 0 radical (unpaired) electrons. The number of ether oxygens (including phenoxy) is 1. The van der Waals surface area contributed by atoms with Crippen LogP contribution in [0.3, 0.4) is 0 Å². The van der Waals surface area contributed by atoms with Crippen molar-refractivity contribution >= 4 is 39.1 Å². The Hall–Kier alpha value is -0.830. The number of thiophene rings is 1. The smallest absolute Gasteiger partial charge is 0.410 e. The number of carbonyl (C=O) groups is 1. The first-order valence-electron chi connectivity index (χ1n) is 7.32. The van der Waals surface area contributed by atoms with Crippen LogP contribution in [0.1, 0.15) is 33.6 Å². The number of likely N-dealkylation sites (tertiary alicyclic amines) is 1. The molecule has 1 aliphatic heterocycles. The highest BCUT2D eigenvalue weighted by atomic mass is 35.5. The van der Waals surface area contributed by atoms with Crippen LogP contribution < -0.4 is 4.72 Å². The van der Waals surface area contributed by atoms with E-state index in [1.54, 1.807) is 11.0 Å². The molecule has 1 amide bonds. The van der Waals surface area contributed by atoms with Crippen LogP contribution in [0.25, 0.3) is 0 Å². The fraction of sp³-hybridized carbons (Fsp3) is 0.643. The average molecular weight is 381 g/mol. The summed E-state index contributed by atoms with van der Waals surface area (Å²) in [5, 5.41) is 0. The molecule has 9 heteroatoms. The molecule has 6 nitrogen and oxygen atoms in total. The number of nitrogens with zero attached hydrogens (tertiary/aromatic N) is 1. The number of rotatable bonds is 3. The first-order chi connectivity index (χ1) is 10.6. The third kappa shape index (κ3) is 5.34. The zero-order valence-electron chi connectivity index (χ0n) is 13.3. The lowest BCUT2D eigenvalue weighted by Gasteiger charge is -2.33. The number of amides is 1. The summed E-state index contributed by atoms with van der Waals surface area (Å²) in [6.45, 7) is 6.38. The van der Waals surface area contributed by atoms with E-state index in [2.05, 4.69) is 4.72 Å². The maximum absolute atomic E-state index is 12.3. The van der Waals surface area contributed by atoms with Gasteiger partial charge in [0.2, 0.25) is 10.0 Å². The number of piperidine rings is 1. The fourth-order valence-corrected chi connectivity index (χ4v) is 5.03. The molecule has 0 aromatic carbocycles.